The molecule has 2 aromatic rings. The average molecular weight is 383 g/mol. The van der Waals surface area contributed by atoms with Crippen molar-refractivity contribution >= 4 is 5.97 Å². The summed E-state index contributed by atoms with van der Waals surface area (Å²) in [5.41, 5.74) is 2.19. The van der Waals surface area contributed by atoms with Gasteiger partial charge in [-0.25, -0.2) is 0 Å². The largest absolute Gasteiger partial charge is 0.496 e. The summed E-state index contributed by atoms with van der Waals surface area (Å²) in [7, 11) is 3.30. The number of carboxylic acid groups (broad SMARTS) is 1. The Morgan fingerprint density at radius 2 is 2.11 bits per heavy atom. The fourth-order valence-electron chi connectivity index (χ4n) is 4.51. The minimum atomic E-state index is -0.907. The SMILES string of the molecule is COCc1cc(CN2C[C@@H]3c4ccccc4OC[C@]3(C(=O)O)C2)ccc1OC. The van der Waals surface area contributed by atoms with Gasteiger partial charge in [0, 0.05) is 38.2 Å². The molecular formula is C22H25NO5. The van der Waals surface area contributed by atoms with Crippen molar-refractivity contribution in [2.45, 2.75) is 19.1 Å². The molecule has 0 aliphatic carbocycles. The Morgan fingerprint density at radius 1 is 1.29 bits per heavy atom. The van der Waals surface area contributed by atoms with Gasteiger partial charge < -0.3 is 19.3 Å². The Balaban J connectivity index is 1.60. The summed E-state index contributed by atoms with van der Waals surface area (Å²) in [5.74, 6) is 0.735. The van der Waals surface area contributed by atoms with E-state index in [2.05, 4.69) is 11.0 Å². The van der Waals surface area contributed by atoms with Gasteiger partial charge in [0.05, 0.1) is 13.7 Å². The Bertz CT molecular complexity index is 883. The molecule has 0 amide bonds. The molecule has 1 fully saturated rings. The van der Waals surface area contributed by atoms with Gasteiger partial charge in [-0.15, -0.1) is 0 Å². The van der Waals surface area contributed by atoms with Gasteiger partial charge in [-0.05, 0) is 29.3 Å². The number of hydrogen-bond donors (Lipinski definition) is 1. The summed E-state index contributed by atoms with van der Waals surface area (Å²) < 4.78 is 16.5. The number of para-hydroxylation sites is 1. The number of carboxylic acids is 1. The van der Waals surface area contributed by atoms with Crippen LogP contribution in [0.25, 0.3) is 0 Å². The van der Waals surface area contributed by atoms with E-state index < -0.39 is 11.4 Å². The average Bonchev–Trinajstić information content (AvgIpc) is 3.08. The second-order valence-corrected chi connectivity index (χ2v) is 7.59. The zero-order valence-electron chi connectivity index (χ0n) is 16.2. The molecule has 0 saturated carbocycles. The number of fused-ring (bicyclic) bond motifs is 3. The van der Waals surface area contributed by atoms with Crippen LogP contribution >= 0.6 is 0 Å². The predicted octanol–water partition coefficient (Wildman–Crippen LogP) is 2.90. The van der Waals surface area contributed by atoms with E-state index in [9.17, 15) is 9.90 Å². The molecular weight excluding hydrogens is 358 g/mol. The molecule has 2 atom stereocenters. The number of carbonyl (C=O) groups is 1. The monoisotopic (exact) mass is 383 g/mol. The third-order valence-electron chi connectivity index (χ3n) is 5.87. The fraction of sp³-hybridized carbons (Fsp3) is 0.409. The molecule has 4 rings (SSSR count). The van der Waals surface area contributed by atoms with Crippen LogP contribution in [-0.2, 0) is 22.7 Å². The van der Waals surface area contributed by atoms with Crippen LogP contribution < -0.4 is 9.47 Å². The molecule has 28 heavy (non-hydrogen) atoms. The molecule has 0 radical (unpaired) electrons. The predicted molar refractivity (Wildman–Crippen MR) is 104 cm³/mol. The van der Waals surface area contributed by atoms with Crippen molar-refractivity contribution in [2.75, 3.05) is 33.9 Å². The number of rotatable bonds is 6. The van der Waals surface area contributed by atoms with E-state index in [-0.39, 0.29) is 12.5 Å². The van der Waals surface area contributed by atoms with Crippen molar-refractivity contribution in [3.05, 3.63) is 59.2 Å². The molecule has 2 heterocycles. The number of methoxy groups -OCH3 is 2. The van der Waals surface area contributed by atoms with Gasteiger partial charge in [0.1, 0.15) is 23.5 Å². The highest BCUT2D eigenvalue weighted by molar-refractivity contribution is 5.78. The summed E-state index contributed by atoms with van der Waals surface area (Å²) in [6.45, 7) is 2.51. The van der Waals surface area contributed by atoms with Crippen molar-refractivity contribution in [2.24, 2.45) is 5.41 Å². The maximum absolute atomic E-state index is 12.2. The normalized spacial score (nSPS) is 23.6. The van der Waals surface area contributed by atoms with Crippen molar-refractivity contribution in [1.29, 1.82) is 0 Å². The van der Waals surface area contributed by atoms with Crippen LogP contribution in [0.5, 0.6) is 11.5 Å². The maximum atomic E-state index is 12.2. The van der Waals surface area contributed by atoms with Crippen molar-refractivity contribution < 1.29 is 24.1 Å². The summed E-state index contributed by atoms with van der Waals surface area (Å²) in [4.78, 5) is 14.5. The zero-order chi connectivity index (χ0) is 19.7. The highest BCUT2D eigenvalue weighted by Gasteiger charge is 2.56. The van der Waals surface area contributed by atoms with Crippen molar-refractivity contribution in [1.82, 2.24) is 4.90 Å². The van der Waals surface area contributed by atoms with Crippen molar-refractivity contribution in [3.63, 3.8) is 0 Å². The Morgan fingerprint density at radius 3 is 2.86 bits per heavy atom. The van der Waals surface area contributed by atoms with Gasteiger partial charge >= 0.3 is 5.97 Å². The van der Waals surface area contributed by atoms with Crippen LogP contribution in [-0.4, -0.2) is 49.9 Å². The molecule has 1 N–H and O–H groups in total. The Hall–Kier alpha value is -2.57. The number of ether oxygens (including phenoxy) is 3. The van der Waals surface area contributed by atoms with Crippen LogP contribution in [0.2, 0.25) is 0 Å². The van der Waals surface area contributed by atoms with Gasteiger partial charge in [0.25, 0.3) is 0 Å². The lowest BCUT2D eigenvalue weighted by Gasteiger charge is -2.35. The highest BCUT2D eigenvalue weighted by Crippen LogP contribution is 2.50. The maximum Gasteiger partial charge on any atom is 0.315 e. The molecule has 2 aromatic carbocycles. The number of benzene rings is 2. The fourth-order valence-corrected chi connectivity index (χ4v) is 4.51. The van der Waals surface area contributed by atoms with E-state index in [1.807, 2.05) is 36.4 Å². The molecule has 2 aliphatic heterocycles. The molecule has 0 bridgehead atoms. The van der Waals surface area contributed by atoms with Gasteiger partial charge in [-0.2, -0.15) is 0 Å². The molecule has 0 aromatic heterocycles. The van der Waals surface area contributed by atoms with E-state index in [1.165, 1.54) is 0 Å². The number of hydrogen-bond acceptors (Lipinski definition) is 5. The van der Waals surface area contributed by atoms with Crippen LogP contribution in [0.15, 0.2) is 42.5 Å². The second kappa shape index (κ2) is 7.45. The highest BCUT2D eigenvalue weighted by atomic mass is 16.5. The van der Waals surface area contributed by atoms with Crippen LogP contribution in [0.4, 0.5) is 0 Å². The van der Waals surface area contributed by atoms with Gasteiger partial charge in [0.15, 0.2) is 0 Å². The number of nitrogens with zero attached hydrogens (tertiary/aromatic N) is 1. The van der Waals surface area contributed by atoms with E-state index >= 15 is 0 Å². The van der Waals surface area contributed by atoms with Gasteiger partial charge in [0.2, 0.25) is 0 Å². The number of likely N-dealkylation sites (tertiary alicyclic amines) is 1. The summed E-state index contributed by atoms with van der Waals surface area (Å²) in [6, 6.07) is 13.8. The minimum Gasteiger partial charge on any atom is -0.496 e. The Labute approximate surface area is 164 Å². The first-order valence-corrected chi connectivity index (χ1v) is 9.39. The molecule has 6 nitrogen and oxygen atoms in total. The molecule has 1 saturated heterocycles. The molecule has 2 aliphatic rings. The third kappa shape index (κ3) is 3.12. The summed E-state index contributed by atoms with van der Waals surface area (Å²) in [5, 5.41) is 10.1. The van der Waals surface area contributed by atoms with E-state index in [1.54, 1.807) is 14.2 Å². The second-order valence-electron chi connectivity index (χ2n) is 7.59. The van der Waals surface area contributed by atoms with E-state index in [0.717, 1.165) is 28.2 Å². The number of aliphatic carboxylic acids is 1. The zero-order valence-corrected chi connectivity index (χ0v) is 16.2. The lowest BCUT2D eigenvalue weighted by molar-refractivity contribution is -0.151. The standard InChI is InChI=1S/C22H25NO5/c1-26-12-16-9-15(7-8-19(16)27-2)10-23-11-18-17-5-3-4-6-20(17)28-14-22(18,13-23)21(24)25/h3-9,18H,10-14H2,1-2H3,(H,24,25)/t18-,22-/m1/s1. The molecule has 148 valence electrons. The summed E-state index contributed by atoms with van der Waals surface area (Å²) in [6.07, 6.45) is 0. The van der Waals surface area contributed by atoms with Gasteiger partial charge in [-0.1, -0.05) is 24.3 Å². The third-order valence-corrected chi connectivity index (χ3v) is 5.87. The first-order valence-electron chi connectivity index (χ1n) is 9.39. The van der Waals surface area contributed by atoms with Crippen molar-refractivity contribution in [3.8, 4) is 11.5 Å². The van der Waals surface area contributed by atoms with Crippen LogP contribution in [0.3, 0.4) is 0 Å². The topological polar surface area (TPSA) is 68.2 Å². The summed E-state index contributed by atoms with van der Waals surface area (Å²) >= 11 is 0. The van der Waals surface area contributed by atoms with E-state index in [4.69, 9.17) is 14.2 Å². The first-order chi connectivity index (χ1) is 13.6. The lowest BCUT2D eigenvalue weighted by atomic mass is 9.73. The Kier molecular flexibility index (Phi) is 5.00. The molecule has 6 heteroatoms. The van der Waals surface area contributed by atoms with Crippen LogP contribution in [0.1, 0.15) is 22.6 Å². The molecule has 0 unspecified atom stereocenters. The smallest absolute Gasteiger partial charge is 0.315 e. The van der Waals surface area contributed by atoms with Crippen LogP contribution in [0, 0.1) is 5.41 Å². The molecule has 0 spiro atoms. The quantitative estimate of drug-likeness (QED) is 0.827. The first kappa shape index (κ1) is 18.8. The minimum absolute atomic E-state index is 0.0772. The lowest BCUT2D eigenvalue weighted by Crippen LogP contribution is -2.45. The van der Waals surface area contributed by atoms with E-state index in [0.29, 0.717) is 26.2 Å². The van der Waals surface area contributed by atoms with Gasteiger partial charge in [-0.3, -0.25) is 9.69 Å².